The summed E-state index contributed by atoms with van der Waals surface area (Å²) in [5.41, 5.74) is 0.0675. The Labute approximate surface area is 92.3 Å². The molecule has 1 aliphatic rings. The standard InChI is InChI=1S/C11H22ClNO/c1-11(2,9-12)13-7-3-5-10-6-4-8-14-10/h10,13H,3-9H2,1-2H3. The predicted octanol–water partition coefficient (Wildman–Crippen LogP) is 2.55. The lowest BCUT2D eigenvalue weighted by Gasteiger charge is -2.23. The van der Waals surface area contributed by atoms with Crippen molar-refractivity contribution in [1.29, 1.82) is 0 Å². The van der Waals surface area contributed by atoms with E-state index in [0.717, 1.165) is 13.2 Å². The van der Waals surface area contributed by atoms with Gasteiger partial charge in [0.1, 0.15) is 0 Å². The van der Waals surface area contributed by atoms with Crippen LogP contribution in [-0.4, -0.2) is 30.7 Å². The van der Waals surface area contributed by atoms with Gasteiger partial charge in [-0.1, -0.05) is 0 Å². The molecule has 14 heavy (non-hydrogen) atoms. The molecule has 0 aromatic heterocycles. The van der Waals surface area contributed by atoms with Crippen LogP contribution < -0.4 is 5.32 Å². The molecule has 0 aromatic rings. The Balaban J connectivity index is 1.98. The fraction of sp³-hybridized carbons (Fsp3) is 1.00. The first-order chi connectivity index (χ1) is 6.64. The zero-order chi connectivity index (χ0) is 10.4. The minimum Gasteiger partial charge on any atom is -0.378 e. The Morgan fingerprint density at radius 2 is 2.29 bits per heavy atom. The van der Waals surface area contributed by atoms with E-state index >= 15 is 0 Å². The average Bonchev–Trinajstić information content (AvgIpc) is 2.65. The maximum Gasteiger partial charge on any atom is 0.0576 e. The number of rotatable bonds is 6. The fourth-order valence-electron chi connectivity index (χ4n) is 1.68. The van der Waals surface area contributed by atoms with E-state index in [-0.39, 0.29) is 5.54 Å². The highest BCUT2D eigenvalue weighted by atomic mass is 35.5. The minimum absolute atomic E-state index is 0.0675. The van der Waals surface area contributed by atoms with Gasteiger partial charge in [0, 0.05) is 18.0 Å². The second-order valence-corrected chi connectivity index (χ2v) is 4.99. The van der Waals surface area contributed by atoms with Crippen molar-refractivity contribution >= 4 is 11.6 Å². The topological polar surface area (TPSA) is 21.3 Å². The van der Waals surface area contributed by atoms with Crippen LogP contribution in [0, 0.1) is 0 Å². The molecule has 1 fully saturated rings. The molecule has 1 heterocycles. The summed E-state index contributed by atoms with van der Waals surface area (Å²) in [4.78, 5) is 0. The lowest BCUT2D eigenvalue weighted by Crippen LogP contribution is -2.41. The van der Waals surface area contributed by atoms with E-state index in [2.05, 4.69) is 19.2 Å². The highest BCUT2D eigenvalue weighted by molar-refractivity contribution is 6.18. The highest BCUT2D eigenvalue weighted by Gasteiger charge is 2.17. The molecule has 84 valence electrons. The highest BCUT2D eigenvalue weighted by Crippen LogP contribution is 2.16. The molecular formula is C11H22ClNO. The van der Waals surface area contributed by atoms with E-state index in [0.29, 0.717) is 12.0 Å². The van der Waals surface area contributed by atoms with Gasteiger partial charge in [-0.25, -0.2) is 0 Å². The van der Waals surface area contributed by atoms with Gasteiger partial charge in [0.25, 0.3) is 0 Å². The van der Waals surface area contributed by atoms with Crippen LogP contribution in [0.25, 0.3) is 0 Å². The number of nitrogens with one attached hydrogen (secondary N) is 1. The van der Waals surface area contributed by atoms with Crippen LogP contribution in [0.2, 0.25) is 0 Å². The Kier molecular flexibility index (Phi) is 5.21. The van der Waals surface area contributed by atoms with Crippen molar-refractivity contribution in [3.8, 4) is 0 Å². The monoisotopic (exact) mass is 219 g/mol. The molecule has 1 atom stereocenters. The summed E-state index contributed by atoms with van der Waals surface area (Å²) in [6, 6.07) is 0. The van der Waals surface area contributed by atoms with Gasteiger partial charge in [0.15, 0.2) is 0 Å². The molecule has 1 unspecified atom stereocenters. The predicted molar refractivity (Wildman–Crippen MR) is 61.0 cm³/mol. The molecule has 0 amide bonds. The number of hydrogen-bond acceptors (Lipinski definition) is 2. The van der Waals surface area contributed by atoms with Crippen LogP contribution in [0.3, 0.4) is 0 Å². The molecule has 3 heteroatoms. The lowest BCUT2D eigenvalue weighted by atomic mass is 10.1. The summed E-state index contributed by atoms with van der Waals surface area (Å²) in [6.45, 7) is 6.27. The molecule has 0 aromatic carbocycles. The molecule has 1 N–H and O–H groups in total. The van der Waals surface area contributed by atoms with Gasteiger partial charge < -0.3 is 10.1 Å². The average molecular weight is 220 g/mol. The molecule has 1 rings (SSSR count). The van der Waals surface area contributed by atoms with Crippen LogP contribution >= 0.6 is 11.6 Å². The van der Waals surface area contributed by atoms with Crippen molar-refractivity contribution in [2.45, 2.75) is 51.2 Å². The number of ether oxygens (including phenoxy) is 1. The molecular weight excluding hydrogens is 198 g/mol. The molecule has 0 aliphatic carbocycles. The third kappa shape index (κ3) is 4.63. The molecule has 2 nitrogen and oxygen atoms in total. The van der Waals surface area contributed by atoms with Crippen LogP contribution in [0.1, 0.15) is 39.5 Å². The molecule has 0 radical (unpaired) electrons. The van der Waals surface area contributed by atoms with E-state index in [4.69, 9.17) is 16.3 Å². The Hall–Kier alpha value is 0.210. The zero-order valence-corrected chi connectivity index (χ0v) is 10.1. The van der Waals surface area contributed by atoms with Gasteiger partial charge in [-0.15, -0.1) is 11.6 Å². The van der Waals surface area contributed by atoms with Gasteiger partial charge in [0.2, 0.25) is 0 Å². The van der Waals surface area contributed by atoms with Gasteiger partial charge in [-0.2, -0.15) is 0 Å². The number of halogens is 1. The largest absolute Gasteiger partial charge is 0.378 e. The van der Waals surface area contributed by atoms with Crippen molar-refractivity contribution < 1.29 is 4.74 Å². The fourth-order valence-corrected chi connectivity index (χ4v) is 1.77. The quantitative estimate of drug-likeness (QED) is 0.548. The smallest absolute Gasteiger partial charge is 0.0576 e. The maximum absolute atomic E-state index is 5.81. The first-order valence-corrected chi connectivity index (χ1v) is 6.10. The van der Waals surface area contributed by atoms with E-state index < -0.39 is 0 Å². The van der Waals surface area contributed by atoms with E-state index in [1.54, 1.807) is 0 Å². The van der Waals surface area contributed by atoms with Crippen molar-refractivity contribution in [2.24, 2.45) is 0 Å². The van der Waals surface area contributed by atoms with Crippen LogP contribution in [0.15, 0.2) is 0 Å². The van der Waals surface area contributed by atoms with Crippen molar-refractivity contribution in [3.63, 3.8) is 0 Å². The molecule has 0 spiro atoms. The second-order valence-electron chi connectivity index (χ2n) is 4.72. The van der Waals surface area contributed by atoms with E-state index in [1.165, 1.54) is 25.7 Å². The SMILES string of the molecule is CC(C)(CCl)NCCCC1CCCO1. The molecule has 0 saturated carbocycles. The normalized spacial score (nSPS) is 22.9. The van der Waals surface area contributed by atoms with Crippen LogP contribution in [-0.2, 0) is 4.74 Å². The van der Waals surface area contributed by atoms with Crippen molar-refractivity contribution in [3.05, 3.63) is 0 Å². The van der Waals surface area contributed by atoms with Gasteiger partial charge in [0.05, 0.1) is 6.10 Å². The molecule has 0 bridgehead atoms. The first kappa shape index (κ1) is 12.3. The first-order valence-electron chi connectivity index (χ1n) is 5.57. The maximum atomic E-state index is 5.81. The van der Waals surface area contributed by atoms with Crippen LogP contribution in [0.5, 0.6) is 0 Å². The summed E-state index contributed by atoms with van der Waals surface area (Å²) >= 11 is 5.81. The molecule has 1 aliphatic heterocycles. The van der Waals surface area contributed by atoms with Gasteiger partial charge >= 0.3 is 0 Å². The third-order valence-electron chi connectivity index (χ3n) is 2.66. The zero-order valence-electron chi connectivity index (χ0n) is 9.31. The number of alkyl halides is 1. The number of hydrogen-bond donors (Lipinski definition) is 1. The van der Waals surface area contributed by atoms with Crippen molar-refractivity contribution in [2.75, 3.05) is 19.0 Å². The Morgan fingerprint density at radius 3 is 2.86 bits per heavy atom. The van der Waals surface area contributed by atoms with Crippen LogP contribution in [0.4, 0.5) is 0 Å². The summed E-state index contributed by atoms with van der Waals surface area (Å²) in [5, 5.41) is 3.45. The Bertz CT molecular complexity index is 155. The van der Waals surface area contributed by atoms with Crippen molar-refractivity contribution in [1.82, 2.24) is 5.32 Å². The minimum atomic E-state index is 0.0675. The second kappa shape index (κ2) is 5.94. The van der Waals surface area contributed by atoms with Gasteiger partial charge in [-0.3, -0.25) is 0 Å². The summed E-state index contributed by atoms with van der Waals surface area (Å²) in [5.74, 6) is 0.660. The van der Waals surface area contributed by atoms with Gasteiger partial charge in [-0.05, 0) is 46.1 Å². The lowest BCUT2D eigenvalue weighted by molar-refractivity contribution is 0.102. The summed E-state index contributed by atoms with van der Waals surface area (Å²) in [7, 11) is 0. The summed E-state index contributed by atoms with van der Waals surface area (Å²) in [6.07, 6.45) is 5.39. The molecule has 1 saturated heterocycles. The third-order valence-corrected chi connectivity index (χ3v) is 3.33. The Morgan fingerprint density at radius 1 is 1.50 bits per heavy atom. The van der Waals surface area contributed by atoms with E-state index in [1.807, 2.05) is 0 Å². The van der Waals surface area contributed by atoms with E-state index in [9.17, 15) is 0 Å². The summed E-state index contributed by atoms with van der Waals surface area (Å²) < 4.78 is 5.56.